The molecule has 3 rings (SSSR count). The second-order valence-electron chi connectivity index (χ2n) is 6.21. The summed E-state index contributed by atoms with van der Waals surface area (Å²) in [7, 11) is 3.06. The maximum Gasteiger partial charge on any atom is 0.251 e. The number of rotatable bonds is 8. The van der Waals surface area contributed by atoms with Crippen LogP contribution < -0.4 is 20.1 Å². The van der Waals surface area contributed by atoms with Gasteiger partial charge in [-0.1, -0.05) is 12.1 Å². The molecule has 7 nitrogen and oxygen atoms in total. The van der Waals surface area contributed by atoms with Gasteiger partial charge in [-0.3, -0.25) is 9.59 Å². The maximum atomic E-state index is 12.4. The van der Waals surface area contributed by atoms with E-state index in [1.165, 1.54) is 7.11 Å². The lowest BCUT2D eigenvalue weighted by molar-refractivity contribution is 0.0940. The van der Waals surface area contributed by atoms with Crippen LogP contribution in [0.3, 0.4) is 0 Å². The van der Waals surface area contributed by atoms with Crippen molar-refractivity contribution < 1.29 is 23.5 Å². The molecule has 2 aromatic carbocycles. The second kappa shape index (κ2) is 9.45. The van der Waals surface area contributed by atoms with Gasteiger partial charge in [0.15, 0.2) is 11.5 Å². The largest absolute Gasteiger partial charge is 0.493 e. The summed E-state index contributed by atoms with van der Waals surface area (Å²) in [5.74, 6) is 1.32. The number of carbonyl (C=O) groups excluding carboxylic acids is 2. The second-order valence-corrected chi connectivity index (χ2v) is 6.21. The van der Waals surface area contributed by atoms with Crippen LogP contribution in [0.5, 0.6) is 11.5 Å². The van der Waals surface area contributed by atoms with E-state index in [0.29, 0.717) is 41.5 Å². The summed E-state index contributed by atoms with van der Waals surface area (Å²) in [5, 5.41) is 5.64. The Bertz CT molecular complexity index is 965. The van der Waals surface area contributed by atoms with E-state index in [0.717, 1.165) is 5.56 Å². The Morgan fingerprint density at radius 2 is 1.48 bits per heavy atom. The first kappa shape index (κ1) is 20.0. The Morgan fingerprint density at radius 3 is 2.14 bits per heavy atom. The van der Waals surface area contributed by atoms with E-state index in [9.17, 15) is 9.59 Å². The van der Waals surface area contributed by atoms with E-state index in [-0.39, 0.29) is 11.8 Å². The van der Waals surface area contributed by atoms with Crippen molar-refractivity contribution in [3.05, 3.63) is 83.3 Å². The van der Waals surface area contributed by atoms with E-state index in [4.69, 9.17) is 13.9 Å². The number of furan rings is 1. The topological polar surface area (TPSA) is 89.8 Å². The minimum Gasteiger partial charge on any atom is -0.493 e. The Balaban J connectivity index is 1.54. The molecule has 2 amide bonds. The molecule has 0 saturated carbocycles. The fourth-order valence-corrected chi connectivity index (χ4v) is 2.72. The molecular formula is C22H22N2O5. The molecule has 2 N–H and O–H groups in total. The van der Waals surface area contributed by atoms with Crippen molar-refractivity contribution in [2.75, 3.05) is 14.2 Å². The molecule has 0 spiro atoms. The molecule has 0 fully saturated rings. The average Bonchev–Trinajstić information content (AvgIpc) is 3.29. The van der Waals surface area contributed by atoms with Crippen molar-refractivity contribution in [2.45, 2.75) is 13.1 Å². The van der Waals surface area contributed by atoms with Crippen molar-refractivity contribution in [3.63, 3.8) is 0 Å². The van der Waals surface area contributed by atoms with Crippen LogP contribution in [0.2, 0.25) is 0 Å². The van der Waals surface area contributed by atoms with Gasteiger partial charge in [-0.2, -0.15) is 0 Å². The van der Waals surface area contributed by atoms with Gasteiger partial charge in [-0.05, 0) is 48.0 Å². The zero-order valence-electron chi connectivity index (χ0n) is 16.2. The number of ether oxygens (including phenoxy) is 2. The Kier molecular flexibility index (Phi) is 6.52. The summed E-state index contributed by atoms with van der Waals surface area (Å²) in [5.41, 5.74) is 1.88. The molecule has 29 heavy (non-hydrogen) atoms. The van der Waals surface area contributed by atoms with Gasteiger partial charge in [-0.15, -0.1) is 0 Å². The normalized spacial score (nSPS) is 10.3. The number of amides is 2. The third-order valence-corrected chi connectivity index (χ3v) is 4.32. The Hall–Kier alpha value is -3.74. The summed E-state index contributed by atoms with van der Waals surface area (Å²) in [6, 6.07) is 15.6. The zero-order valence-corrected chi connectivity index (χ0v) is 16.2. The number of hydrogen-bond acceptors (Lipinski definition) is 5. The third-order valence-electron chi connectivity index (χ3n) is 4.32. The van der Waals surface area contributed by atoms with Crippen molar-refractivity contribution in [2.24, 2.45) is 0 Å². The molecule has 0 atom stereocenters. The molecule has 0 saturated heterocycles. The highest BCUT2D eigenvalue weighted by Gasteiger charge is 2.11. The smallest absolute Gasteiger partial charge is 0.251 e. The number of benzene rings is 2. The predicted molar refractivity (Wildman–Crippen MR) is 107 cm³/mol. The number of carbonyl (C=O) groups is 2. The van der Waals surface area contributed by atoms with Crippen LogP contribution in [0.15, 0.2) is 65.3 Å². The highest BCUT2D eigenvalue weighted by molar-refractivity contribution is 5.95. The van der Waals surface area contributed by atoms with Gasteiger partial charge in [0.25, 0.3) is 11.8 Å². The summed E-state index contributed by atoms with van der Waals surface area (Å²) < 4.78 is 15.6. The highest BCUT2D eigenvalue weighted by Crippen LogP contribution is 2.27. The summed E-state index contributed by atoms with van der Waals surface area (Å²) in [4.78, 5) is 24.5. The molecule has 1 heterocycles. The first-order valence-corrected chi connectivity index (χ1v) is 9.00. The lowest BCUT2D eigenvalue weighted by atomic mass is 10.1. The highest BCUT2D eigenvalue weighted by atomic mass is 16.5. The molecule has 0 unspecified atom stereocenters. The van der Waals surface area contributed by atoms with Crippen LogP contribution in [0.1, 0.15) is 32.0 Å². The van der Waals surface area contributed by atoms with Gasteiger partial charge < -0.3 is 24.5 Å². The first-order chi connectivity index (χ1) is 14.1. The number of hydrogen-bond donors (Lipinski definition) is 2. The molecule has 0 aliphatic carbocycles. The average molecular weight is 394 g/mol. The summed E-state index contributed by atoms with van der Waals surface area (Å²) in [6.45, 7) is 0.663. The molecule has 0 aliphatic heterocycles. The van der Waals surface area contributed by atoms with Crippen LogP contribution in [0.25, 0.3) is 0 Å². The van der Waals surface area contributed by atoms with E-state index < -0.39 is 0 Å². The summed E-state index contributed by atoms with van der Waals surface area (Å²) in [6.07, 6.45) is 1.56. The van der Waals surface area contributed by atoms with Gasteiger partial charge in [0, 0.05) is 17.7 Å². The lowest BCUT2D eigenvalue weighted by Gasteiger charge is -2.10. The van der Waals surface area contributed by atoms with Crippen molar-refractivity contribution in [1.82, 2.24) is 10.6 Å². The fraction of sp³-hybridized carbons (Fsp3) is 0.182. The lowest BCUT2D eigenvalue weighted by Crippen LogP contribution is -2.23. The van der Waals surface area contributed by atoms with Crippen molar-refractivity contribution in [1.29, 1.82) is 0 Å². The SMILES string of the molecule is COc1ccc(C(=O)NCc2ccc(C(=O)NCc3ccco3)cc2)cc1OC. The van der Waals surface area contributed by atoms with Gasteiger partial charge in [-0.25, -0.2) is 0 Å². The van der Waals surface area contributed by atoms with Gasteiger partial charge >= 0.3 is 0 Å². The van der Waals surface area contributed by atoms with Crippen molar-refractivity contribution >= 4 is 11.8 Å². The quantitative estimate of drug-likeness (QED) is 0.613. The molecule has 3 aromatic rings. The van der Waals surface area contributed by atoms with E-state index in [1.807, 2.05) is 0 Å². The fourth-order valence-electron chi connectivity index (χ4n) is 2.72. The molecule has 0 bridgehead atoms. The first-order valence-electron chi connectivity index (χ1n) is 9.00. The van der Waals surface area contributed by atoms with Crippen LogP contribution >= 0.6 is 0 Å². The molecule has 7 heteroatoms. The molecule has 1 aromatic heterocycles. The molecule has 150 valence electrons. The van der Waals surface area contributed by atoms with Gasteiger partial charge in [0.2, 0.25) is 0 Å². The molecule has 0 aliphatic rings. The zero-order chi connectivity index (χ0) is 20.6. The van der Waals surface area contributed by atoms with E-state index in [1.54, 1.807) is 68.0 Å². The van der Waals surface area contributed by atoms with E-state index in [2.05, 4.69) is 10.6 Å². The van der Waals surface area contributed by atoms with E-state index >= 15 is 0 Å². The predicted octanol–water partition coefficient (Wildman–Crippen LogP) is 3.16. The van der Waals surface area contributed by atoms with Crippen LogP contribution in [-0.2, 0) is 13.1 Å². The minimum absolute atomic E-state index is 0.192. The van der Waals surface area contributed by atoms with Crippen LogP contribution in [0.4, 0.5) is 0 Å². The Labute approximate surface area is 168 Å². The standard InChI is InChI=1S/C22H22N2O5/c1-27-19-10-9-17(12-20(19)28-2)22(26)23-13-15-5-7-16(8-6-15)21(25)24-14-18-4-3-11-29-18/h3-12H,13-14H2,1-2H3,(H,23,26)(H,24,25). The van der Waals surface area contributed by atoms with Crippen LogP contribution in [-0.4, -0.2) is 26.0 Å². The molecular weight excluding hydrogens is 372 g/mol. The summed E-state index contributed by atoms with van der Waals surface area (Å²) >= 11 is 0. The minimum atomic E-state index is -0.230. The Morgan fingerprint density at radius 1 is 0.828 bits per heavy atom. The van der Waals surface area contributed by atoms with Crippen molar-refractivity contribution in [3.8, 4) is 11.5 Å². The van der Waals surface area contributed by atoms with Gasteiger partial charge in [0.05, 0.1) is 27.0 Å². The van der Waals surface area contributed by atoms with Crippen LogP contribution in [0, 0.1) is 0 Å². The number of nitrogens with one attached hydrogen (secondary N) is 2. The third kappa shape index (κ3) is 5.16. The molecule has 0 radical (unpaired) electrons. The maximum absolute atomic E-state index is 12.4. The monoisotopic (exact) mass is 394 g/mol. The number of methoxy groups -OCH3 is 2. The van der Waals surface area contributed by atoms with Gasteiger partial charge in [0.1, 0.15) is 5.76 Å².